The largest absolute Gasteiger partial charge is 0.208 e. The zero-order chi connectivity index (χ0) is 38.6. The third kappa shape index (κ3) is 4.13. The molecular weight excluding hydrogens is 575 g/mol. The maximum absolute atomic E-state index is 9.54. The molecule has 0 amide bonds. The second-order valence-corrected chi connectivity index (χ2v) is 12.1. The predicted molar refractivity (Wildman–Crippen MR) is 187 cm³/mol. The zero-order valence-electron chi connectivity index (χ0n) is 33.6. The van der Waals surface area contributed by atoms with Gasteiger partial charge in [-0.15, -0.1) is 22.7 Å². The molecule has 6 aromatic carbocycles. The Labute approximate surface area is 277 Å². The van der Waals surface area contributed by atoms with Crippen LogP contribution in [0.25, 0.3) is 85.6 Å². The van der Waals surface area contributed by atoms with Crippen molar-refractivity contribution in [1.82, 2.24) is 15.0 Å². The lowest BCUT2D eigenvalue weighted by molar-refractivity contribution is 1.07. The standard InChI is InChI=1S/C39H23N3S2/c1-3-11-24(12-4-1)37-40-38(25-13-5-2-6-14-25)42-39(41-37)26-21-22-27-29-17-9-18-30(36(29)44-34(27)23-26)28-16-10-20-33-35(28)31-15-7-8-19-32(31)43-33/h1-23H/i1D,3D,4D,9D,11D,12D,17D,18D,21D,22D,23D. The van der Waals surface area contributed by atoms with Crippen LogP contribution < -0.4 is 0 Å². The van der Waals surface area contributed by atoms with Crippen LogP contribution in [0.1, 0.15) is 15.1 Å². The number of hydrogen-bond donors (Lipinski definition) is 0. The Bertz CT molecular complexity index is 3100. The molecule has 206 valence electrons. The summed E-state index contributed by atoms with van der Waals surface area (Å²) in [6.07, 6.45) is 0. The van der Waals surface area contributed by atoms with Crippen LogP contribution >= 0.6 is 22.7 Å². The van der Waals surface area contributed by atoms with Crippen LogP contribution in [0.2, 0.25) is 0 Å². The van der Waals surface area contributed by atoms with E-state index in [1.165, 1.54) is 0 Å². The van der Waals surface area contributed by atoms with Gasteiger partial charge in [-0.1, -0.05) is 121 Å². The second kappa shape index (κ2) is 10.2. The number of hydrogen-bond acceptors (Lipinski definition) is 5. The monoisotopic (exact) mass is 608 g/mol. The van der Waals surface area contributed by atoms with Gasteiger partial charge in [0.25, 0.3) is 0 Å². The summed E-state index contributed by atoms with van der Waals surface area (Å²) in [7, 11) is 0. The number of thiophene rings is 2. The molecule has 0 aliphatic carbocycles. The number of aromatic nitrogens is 3. The van der Waals surface area contributed by atoms with Crippen molar-refractivity contribution in [3.63, 3.8) is 0 Å². The molecule has 0 N–H and O–H groups in total. The van der Waals surface area contributed by atoms with Crippen LogP contribution in [0.5, 0.6) is 0 Å². The smallest absolute Gasteiger partial charge is 0.164 e. The lowest BCUT2D eigenvalue weighted by Gasteiger charge is -2.08. The Balaban J connectivity index is 1.37. The van der Waals surface area contributed by atoms with Crippen LogP contribution in [-0.4, -0.2) is 15.0 Å². The van der Waals surface area contributed by atoms with E-state index in [1.54, 1.807) is 41.7 Å². The highest BCUT2D eigenvalue weighted by Crippen LogP contribution is 2.45. The Kier molecular flexibility index (Phi) is 3.84. The van der Waals surface area contributed by atoms with E-state index in [0.717, 1.165) is 31.5 Å². The van der Waals surface area contributed by atoms with Crippen molar-refractivity contribution in [3.8, 4) is 45.3 Å². The van der Waals surface area contributed by atoms with E-state index in [0.29, 0.717) is 21.4 Å². The minimum atomic E-state index is -0.588. The summed E-state index contributed by atoms with van der Waals surface area (Å²) in [6.45, 7) is 0. The normalized spacial score (nSPS) is 15.1. The summed E-state index contributed by atoms with van der Waals surface area (Å²) >= 11 is 2.70. The molecule has 44 heavy (non-hydrogen) atoms. The Morgan fingerprint density at radius 3 is 2.07 bits per heavy atom. The summed E-state index contributed by atoms with van der Waals surface area (Å²) in [4.78, 5) is 13.7. The van der Waals surface area contributed by atoms with Gasteiger partial charge >= 0.3 is 0 Å². The van der Waals surface area contributed by atoms with Gasteiger partial charge in [0.2, 0.25) is 0 Å². The summed E-state index contributed by atoms with van der Waals surface area (Å²) < 4.78 is 99.7. The van der Waals surface area contributed by atoms with Crippen molar-refractivity contribution < 1.29 is 15.1 Å². The molecule has 0 radical (unpaired) electrons. The Hall–Kier alpha value is -5.23. The van der Waals surface area contributed by atoms with Gasteiger partial charge in [-0.2, -0.15) is 0 Å². The third-order valence-corrected chi connectivity index (χ3v) is 9.61. The van der Waals surface area contributed by atoms with Crippen molar-refractivity contribution in [2.24, 2.45) is 0 Å². The molecule has 5 heteroatoms. The van der Waals surface area contributed by atoms with Crippen molar-refractivity contribution in [2.45, 2.75) is 0 Å². The van der Waals surface area contributed by atoms with Gasteiger partial charge in [-0.25, -0.2) is 15.0 Å². The van der Waals surface area contributed by atoms with Crippen molar-refractivity contribution >= 4 is 63.0 Å². The van der Waals surface area contributed by atoms with Crippen LogP contribution in [0.3, 0.4) is 0 Å². The molecule has 3 heterocycles. The first kappa shape index (κ1) is 16.6. The van der Waals surface area contributed by atoms with E-state index in [2.05, 4.69) is 15.0 Å². The van der Waals surface area contributed by atoms with E-state index in [1.807, 2.05) is 42.5 Å². The second-order valence-electron chi connectivity index (χ2n) is 9.96. The van der Waals surface area contributed by atoms with Crippen molar-refractivity contribution in [2.75, 3.05) is 0 Å². The minimum Gasteiger partial charge on any atom is -0.208 e. The van der Waals surface area contributed by atoms with Gasteiger partial charge in [0.15, 0.2) is 17.5 Å². The topological polar surface area (TPSA) is 38.7 Å². The quantitative estimate of drug-likeness (QED) is 0.199. The van der Waals surface area contributed by atoms with E-state index in [-0.39, 0.29) is 74.3 Å². The minimum absolute atomic E-state index is 0.0543. The summed E-state index contributed by atoms with van der Waals surface area (Å²) in [5, 5.41) is 2.20. The third-order valence-electron chi connectivity index (χ3n) is 7.35. The Morgan fingerprint density at radius 2 is 1.20 bits per heavy atom. The average molecular weight is 609 g/mol. The average Bonchev–Trinajstić information content (AvgIpc) is 3.78. The van der Waals surface area contributed by atoms with Gasteiger partial charge in [-0.05, 0) is 23.7 Å². The van der Waals surface area contributed by atoms with E-state index in [9.17, 15) is 4.11 Å². The highest BCUT2D eigenvalue weighted by Gasteiger charge is 2.17. The number of benzene rings is 6. The van der Waals surface area contributed by atoms with Crippen molar-refractivity contribution in [1.29, 1.82) is 0 Å². The van der Waals surface area contributed by atoms with E-state index < -0.39 is 36.3 Å². The molecule has 0 aliphatic heterocycles. The van der Waals surface area contributed by atoms with Gasteiger partial charge in [0, 0.05) is 62.6 Å². The highest BCUT2D eigenvalue weighted by molar-refractivity contribution is 7.26. The van der Waals surface area contributed by atoms with Gasteiger partial charge < -0.3 is 0 Å². The van der Waals surface area contributed by atoms with Crippen LogP contribution in [0.15, 0.2) is 139 Å². The molecule has 0 unspecified atom stereocenters. The van der Waals surface area contributed by atoms with Crippen molar-refractivity contribution in [3.05, 3.63) is 139 Å². The molecule has 9 aromatic rings. The first-order chi connectivity index (χ1) is 26.4. The molecule has 0 saturated carbocycles. The van der Waals surface area contributed by atoms with Crippen LogP contribution in [0, 0.1) is 0 Å². The van der Waals surface area contributed by atoms with E-state index in [4.69, 9.17) is 11.0 Å². The van der Waals surface area contributed by atoms with Gasteiger partial charge in [0.1, 0.15) is 0 Å². The molecule has 0 fully saturated rings. The highest BCUT2D eigenvalue weighted by atomic mass is 32.1. The van der Waals surface area contributed by atoms with Crippen LogP contribution in [0.4, 0.5) is 0 Å². The lowest BCUT2D eigenvalue weighted by Crippen LogP contribution is -1.99. The predicted octanol–water partition coefficient (Wildman–Crippen LogP) is 11.3. The van der Waals surface area contributed by atoms with Crippen LogP contribution in [-0.2, 0) is 0 Å². The van der Waals surface area contributed by atoms with Gasteiger partial charge in [-0.3, -0.25) is 0 Å². The molecule has 0 saturated heterocycles. The Morgan fingerprint density at radius 1 is 0.455 bits per heavy atom. The number of rotatable bonds is 4. The summed E-state index contributed by atoms with van der Waals surface area (Å²) in [6, 6.07) is 17.7. The SMILES string of the molecule is [2H]c1c([2H])c([2H])c(-c2nc(-c3ccccc3)nc(-c3c([2H])c([2H])c4c(sc5c(-c6cccc7sc8ccccc8c67)c([2H])c([2H])c([2H])c54)c3[2H])n2)c([2H])c1[2H]. The maximum atomic E-state index is 9.54. The fourth-order valence-corrected chi connectivity index (χ4v) is 7.64. The molecule has 0 atom stereocenters. The molecule has 0 aliphatic rings. The molecule has 0 spiro atoms. The van der Waals surface area contributed by atoms with Gasteiger partial charge in [0.05, 0.1) is 15.1 Å². The summed E-state index contributed by atoms with van der Waals surface area (Å²) in [5.41, 5.74) is 1.13. The molecule has 3 nitrogen and oxygen atoms in total. The summed E-state index contributed by atoms with van der Waals surface area (Å²) in [5.74, 6) is -0.437. The number of nitrogens with zero attached hydrogens (tertiary/aromatic N) is 3. The molecular formula is C39H23N3S2. The lowest BCUT2D eigenvalue weighted by atomic mass is 9.98. The fraction of sp³-hybridized carbons (Fsp3) is 0. The molecule has 3 aromatic heterocycles. The number of fused-ring (bicyclic) bond motifs is 6. The molecule has 9 rings (SSSR count). The van der Waals surface area contributed by atoms with E-state index >= 15 is 0 Å². The fourth-order valence-electron chi connectivity index (χ4n) is 5.38. The first-order valence-electron chi connectivity index (χ1n) is 19.1. The maximum Gasteiger partial charge on any atom is 0.164 e. The first-order valence-corrected chi connectivity index (χ1v) is 15.3. The molecule has 0 bridgehead atoms. The zero-order valence-corrected chi connectivity index (χ0v) is 24.2.